The fourth-order valence-electron chi connectivity index (χ4n) is 5.17. The van der Waals surface area contributed by atoms with Gasteiger partial charge in [-0.15, -0.1) is 0 Å². The van der Waals surface area contributed by atoms with E-state index in [1.807, 2.05) is 54.6 Å². The first-order valence-corrected chi connectivity index (χ1v) is 13.7. The summed E-state index contributed by atoms with van der Waals surface area (Å²) in [5.41, 5.74) is 7.13. The molecule has 13 heteroatoms. The molecule has 2 aliphatic rings. The average molecular weight is 583 g/mol. The highest BCUT2D eigenvalue weighted by Crippen LogP contribution is 2.32. The molecular formula is C29H34N4O9. The number of aliphatic hydroxyl groups excluding tert-OH is 3. The van der Waals surface area contributed by atoms with Crippen molar-refractivity contribution in [3.05, 3.63) is 93.3 Å². The van der Waals surface area contributed by atoms with Crippen LogP contribution in [0.25, 0.3) is 11.1 Å². The predicted molar refractivity (Wildman–Crippen MR) is 149 cm³/mol. The summed E-state index contributed by atoms with van der Waals surface area (Å²) in [7, 11) is 0. The number of rotatable bonds is 10. The number of hydrogen-bond donors (Lipinski definition) is 6. The minimum Gasteiger partial charge on any atom is -0.388 e. The van der Waals surface area contributed by atoms with Crippen molar-refractivity contribution >= 4 is 5.91 Å². The van der Waals surface area contributed by atoms with E-state index in [1.54, 1.807) is 0 Å². The summed E-state index contributed by atoms with van der Waals surface area (Å²) in [4.78, 5) is 38.8. The van der Waals surface area contributed by atoms with Crippen LogP contribution in [-0.2, 0) is 25.4 Å². The Hall–Kier alpha value is -3.69. The number of H-pyrrole nitrogens is 1. The van der Waals surface area contributed by atoms with Crippen molar-refractivity contribution in [2.45, 2.75) is 62.0 Å². The van der Waals surface area contributed by atoms with Gasteiger partial charge in [0.1, 0.15) is 30.5 Å². The van der Waals surface area contributed by atoms with E-state index in [4.69, 9.17) is 19.9 Å². The molecule has 2 fully saturated rings. The number of aromatic nitrogens is 2. The summed E-state index contributed by atoms with van der Waals surface area (Å²) in [5.74, 6) is -0.309. The summed E-state index contributed by atoms with van der Waals surface area (Å²) in [6.07, 6.45) is -7.65. The molecular weight excluding hydrogens is 548 g/mol. The third-order valence-corrected chi connectivity index (χ3v) is 7.44. The quantitative estimate of drug-likeness (QED) is 0.172. The Morgan fingerprint density at radius 2 is 1.74 bits per heavy atom. The number of nitrogens with zero attached hydrogens (tertiary/aromatic N) is 1. The molecule has 3 heterocycles. The predicted octanol–water partition coefficient (Wildman–Crippen LogP) is -0.998. The Balaban J connectivity index is 1.27. The number of nitrogens with two attached hydrogens (primary N) is 1. The largest absolute Gasteiger partial charge is 0.388 e. The van der Waals surface area contributed by atoms with Gasteiger partial charge in [-0.3, -0.25) is 19.1 Å². The smallest absolute Gasteiger partial charge is 0.330 e. The van der Waals surface area contributed by atoms with Crippen LogP contribution in [0, 0.1) is 0 Å². The molecule has 2 aliphatic heterocycles. The molecule has 5 rings (SSSR count). The highest BCUT2D eigenvalue weighted by Gasteiger charge is 2.47. The van der Waals surface area contributed by atoms with Crippen molar-refractivity contribution in [1.82, 2.24) is 14.9 Å². The minimum absolute atomic E-state index is 0.00338. The van der Waals surface area contributed by atoms with E-state index < -0.39 is 60.4 Å². The lowest BCUT2D eigenvalue weighted by Gasteiger charge is -2.28. The highest BCUT2D eigenvalue weighted by atomic mass is 16.7. The summed E-state index contributed by atoms with van der Waals surface area (Å²) >= 11 is 0. The monoisotopic (exact) mass is 582 g/mol. The first kappa shape index (κ1) is 29.8. The molecule has 1 aromatic heterocycles. The van der Waals surface area contributed by atoms with Crippen molar-refractivity contribution in [3.8, 4) is 11.1 Å². The van der Waals surface area contributed by atoms with Gasteiger partial charge in [-0.1, -0.05) is 54.6 Å². The third-order valence-electron chi connectivity index (χ3n) is 7.44. The lowest BCUT2D eigenvalue weighted by atomic mass is 10.0. The van der Waals surface area contributed by atoms with Gasteiger partial charge in [0.2, 0.25) is 5.91 Å². The van der Waals surface area contributed by atoms with Gasteiger partial charge in [0.05, 0.1) is 12.5 Å². The molecule has 2 saturated heterocycles. The van der Waals surface area contributed by atoms with Crippen LogP contribution in [0.1, 0.15) is 18.2 Å². The number of benzene rings is 2. The Kier molecular flexibility index (Phi) is 9.28. The van der Waals surface area contributed by atoms with Crippen LogP contribution >= 0.6 is 0 Å². The summed E-state index contributed by atoms with van der Waals surface area (Å²) in [5, 5.41) is 34.2. The number of hydrogen-bond acceptors (Lipinski definition) is 10. The van der Waals surface area contributed by atoms with Crippen LogP contribution in [0.3, 0.4) is 0 Å². The second-order valence-corrected chi connectivity index (χ2v) is 10.4. The van der Waals surface area contributed by atoms with Gasteiger partial charge < -0.3 is 40.6 Å². The third kappa shape index (κ3) is 6.68. The average Bonchev–Trinajstić information content (AvgIpc) is 3.50. The van der Waals surface area contributed by atoms with Crippen LogP contribution in [-0.4, -0.2) is 86.8 Å². The van der Waals surface area contributed by atoms with E-state index in [0.717, 1.165) is 27.3 Å². The maximum Gasteiger partial charge on any atom is 0.330 e. The fraction of sp³-hybridized carbons (Fsp3) is 0.414. The number of carbonyl (C=O) groups is 1. The first-order chi connectivity index (χ1) is 20.2. The molecule has 224 valence electrons. The SMILES string of the molecule is NC[C@H]1O[C@@H](O[C@@H](CNC(=O)Cc2ccc(-c3ccccc3)cc2)[C@@H]2C[C@@H](O)[C@H](n3ccc(=O)[nH]c3=O)O2)[C@H](O)[C@@H]1O. The summed E-state index contributed by atoms with van der Waals surface area (Å²) in [6, 6.07) is 18.6. The van der Waals surface area contributed by atoms with Gasteiger partial charge in [0.15, 0.2) is 12.5 Å². The van der Waals surface area contributed by atoms with E-state index in [9.17, 15) is 29.7 Å². The second kappa shape index (κ2) is 13.1. The Morgan fingerprint density at radius 3 is 2.40 bits per heavy atom. The van der Waals surface area contributed by atoms with E-state index in [1.165, 1.54) is 6.20 Å². The fourth-order valence-corrected chi connectivity index (χ4v) is 5.17. The van der Waals surface area contributed by atoms with Crippen LogP contribution in [0.2, 0.25) is 0 Å². The Labute approximate surface area is 240 Å². The van der Waals surface area contributed by atoms with Crippen LogP contribution in [0.15, 0.2) is 76.4 Å². The number of carbonyl (C=O) groups excluding carboxylic acids is 1. The van der Waals surface area contributed by atoms with Crippen LogP contribution < -0.4 is 22.3 Å². The lowest BCUT2D eigenvalue weighted by Crippen LogP contribution is -2.45. The number of aliphatic hydroxyl groups is 3. The Bertz CT molecular complexity index is 1460. The maximum atomic E-state index is 12.9. The van der Waals surface area contributed by atoms with Crippen molar-refractivity contribution in [2.75, 3.05) is 13.1 Å². The molecule has 3 aromatic rings. The molecule has 8 atom stereocenters. The zero-order valence-electron chi connectivity index (χ0n) is 22.6. The van der Waals surface area contributed by atoms with Gasteiger partial charge in [0.25, 0.3) is 5.56 Å². The van der Waals surface area contributed by atoms with Crippen LogP contribution in [0.5, 0.6) is 0 Å². The molecule has 42 heavy (non-hydrogen) atoms. The van der Waals surface area contributed by atoms with Crippen molar-refractivity contribution in [2.24, 2.45) is 5.73 Å². The van der Waals surface area contributed by atoms with Gasteiger partial charge >= 0.3 is 5.69 Å². The summed E-state index contributed by atoms with van der Waals surface area (Å²) < 4.78 is 18.6. The molecule has 0 unspecified atom stereocenters. The van der Waals surface area contributed by atoms with E-state index in [0.29, 0.717) is 0 Å². The van der Waals surface area contributed by atoms with Crippen molar-refractivity contribution < 1.29 is 34.3 Å². The molecule has 2 aromatic carbocycles. The van der Waals surface area contributed by atoms with E-state index in [2.05, 4.69) is 10.3 Å². The number of ether oxygens (including phenoxy) is 3. The van der Waals surface area contributed by atoms with Gasteiger partial charge in [-0.05, 0) is 16.7 Å². The molecule has 0 radical (unpaired) electrons. The van der Waals surface area contributed by atoms with Gasteiger partial charge in [-0.25, -0.2) is 4.79 Å². The molecule has 0 bridgehead atoms. The van der Waals surface area contributed by atoms with Crippen molar-refractivity contribution in [1.29, 1.82) is 0 Å². The Morgan fingerprint density at radius 1 is 1.02 bits per heavy atom. The zero-order chi connectivity index (χ0) is 29.8. The number of amides is 1. The normalized spacial score (nSPS) is 28.0. The maximum absolute atomic E-state index is 12.9. The zero-order valence-corrected chi connectivity index (χ0v) is 22.6. The molecule has 13 nitrogen and oxygen atoms in total. The topological polar surface area (TPSA) is 198 Å². The van der Waals surface area contributed by atoms with Crippen molar-refractivity contribution in [3.63, 3.8) is 0 Å². The molecule has 0 aliphatic carbocycles. The van der Waals surface area contributed by atoms with E-state index >= 15 is 0 Å². The van der Waals surface area contributed by atoms with E-state index in [-0.39, 0.29) is 31.8 Å². The molecule has 1 amide bonds. The highest BCUT2D eigenvalue weighted by molar-refractivity contribution is 5.79. The van der Waals surface area contributed by atoms with Gasteiger partial charge in [0, 0.05) is 31.8 Å². The molecule has 0 spiro atoms. The van der Waals surface area contributed by atoms with Gasteiger partial charge in [-0.2, -0.15) is 0 Å². The van der Waals surface area contributed by atoms with Crippen LogP contribution in [0.4, 0.5) is 0 Å². The minimum atomic E-state index is -1.41. The summed E-state index contributed by atoms with van der Waals surface area (Å²) in [6.45, 7) is -0.153. The molecule has 0 saturated carbocycles. The lowest BCUT2D eigenvalue weighted by molar-refractivity contribution is -0.213. The first-order valence-electron chi connectivity index (χ1n) is 13.7. The number of aromatic amines is 1. The number of nitrogens with one attached hydrogen (secondary N) is 2. The standard InChI is InChI=1S/C29H34N4O9/c30-14-21-25(37)26(38)28(41-21)42-22(20-13-19(34)27(40-20)33-11-10-23(35)32-29(33)39)15-31-24(36)12-16-6-8-18(9-7-16)17-4-2-1-3-5-17/h1-11,19-22,25-28,34,37-38H,12-15,30H2,(H,31,36)(H,32,35,39)/t19-,20+,21-,22+,25-,26-,27-,28+/m1/s1. The molecule has 7 N–H and O–H groups in total. The second-order valence-electron chi connectivity index (χ2n) is 10.4.